The predicted octanol–water partition coefficient (Wildman–Crippen LogP) is 3.58. The summed E-state index contributed by atoms with van der Waals surface area (Å²) in [6.45, 7) is 0.568. The van der Waals surface area contributed by atoms with Gasteiger partial charge in [0.15, 0.2) is 0 Å². The van der Waals surface area contributed by atoms with Gasteiger partial charge in [0.2, 0.25) is 0 Å². The van der Waals surface area contributed by atoms with Crippen molar-refractivity contribution in [3.05, 3.63) is 39.8 Å². The maximum atomic E-state index is 8.14. The number of rotatable bonds is 4. The fourth-order valence-corrected chi connectivity index (χ4v) is 2.69. The maximum Gasteiger partial charge on any atom is 0.0352 e. The number of benzene rings is 1. The van der Waals surface area contributed by atoms with Crippen molar-refractivity contribution >= 4 is 11.8 Å². The van der Waals surface area contributed by atoms with Gasteiger partial charge in [-0.25, -0.2) is 0 Å². The second kappa shape index (κ2) is 5.10. The fraction of sp³-hybridized carbons (Fsp3) is 0.455. The minimum Gasteiger partial charge on any atom is -0.126 e. The highest BCUT2D eigenvalue weighted by molar-refractivity contribution is 7.99. The van der Waals surface area contributed by atoms with Crippen LogP contribution in [0.5, 0.6) is 0 Å². The Morgan fingerprint density at radius 2 is 2.20 bits per heavy atom. The molecule has 0 atom stereocenters. The van der Waals surface area contributed by atoms with Crippen molar-refractivity contribution in [2.45, 2.75) is 24.2 Å². The molecule has 1 aliphatic rings. The summed E-state index contributed by atoms with van der Waals surface area (Å²) < 4.78 is 0. The molecule has 0 radical (unpaired) electrons. The van der Waals surface area contributed by atoms with Gasteiger partial charge >= 0.3 is 0 Å². The van der Waals surface area contributed by atoms with Gasteiger partial charge in [-0.05, 0) is 48.1 Å². The molecule has 0 aliphatic heterocycles. The zero-order chi connectivity index (χ0) is 10.5. The number of nitrogens with zero attached hydrogens (tertiary/aromatic N) is 3. The second-order valence-corrected chi connectivity index (χ2v) is 4.76. The lowest BCUT2D eigenvalue weighted by atomic mass is 10.1. The van der Waals surface area contributed by atoms with Crippen LogP contribution in [0.25, 0.3) is 10.4 Å². The summed E-state index contributed by atoms with van der Waals surface area (Å²) in [4.78, 5) is 4.03. The van der Waals surface area contributed by atoms with E-state index in [0.29, 0.717) is 6.54 Å². The van der Waals surface area contributed by atoms with E-state index >= 15 is 0 Å². The summed E-state index contributed by atoms with van der Waals surface area (Å²) in [7, 11) is 0. The summed E-state index contributed by atoms with van der Waals surface area (Å²) in [5.41, 5.74) is 11.2. The van der Waals surface area contributed by atoms with Gasteiger partial charge in [-0.15, -0.1) is 11.8 Å². The average Bonchev–Trinajstić information content (AvgIpc) is 2.71. The molecular weight excluding hydrogens is 206 g/mol. The minimum absolute atomic E-state index is 0.568. The van der Waals surface area contributed by atoms with E-state index in [1.165, 1.54) is 35.3 Å². The summed E-state index contributed by atoms with van der Waals surface area (Å²) in [5.74, 6) is 0.864. The first kappa shape index (κ1) is 10.4. The molecule has 0 fully saturated rings. The van der Waals surface area contributed by atoms with E-state index in [2.05, 4.69) is 28.2 Å². The molecule has 0 amide bonds. The fourth-order valence-electron chi connectivity index (χ4n) is 1.89. The molecule has 0 saturated carbocycles. The monoisotopic (exact) mass is 219 g/mol. The molecule has 1 aliphatic carbocycles. The van der Waals surface area contributed by atoms with Gasteiger partial charge < -0.3 is 0 Å². The van der Waals surface area contributed by atoms with E-state index in [-0.39, 0.29) is 0 Å². The quantitative estimate of drug-likeness (QED) is 0.251. The third-order valence-electron chi connectivity index (χ3n) is 2.59. The summed E-state index contributed by atoms with van der Waals surface area (Å²) in [6.07, 6.45) is 3.75. The SMILES string of the molecule is [N-]=[N+]=NCCSc1ccc2c(c1)CCC2. The molecule has 0 saturated heterocycles. The molecule has 3 nitrogen and oxygen atoms in total. The van der Waals surface area contributed by atoms with Crippen LogP contribution >= 0.6 is 11.8 Å². The van der Waals surface area contributed by atoms with Crippen LogP contribution in [-0.2, 0) is 12.8 Å². The first-order valence-corrected chi connectivity index (χ1v) is 6.14. The Bertz CT molecular complexity index is 397. The van der Waals surface area contributed by atoms with Crippen LogP contribution in [-0.4, -0.2) is 12.3 Å². The van der Waals surface area contributed by atoms with Crippen molar-refractivity contribution in [1.82, 2.24) is 0 Å². The molecule has 0 N–H and O–H groups in total. The van der Waals surface area contributed by atoms with Gasteiger partial charge in [-0.2, -0.15) is 0 Å². The Hall–Kier alpha value is -1.12. The van der Waals surface area contributed by atoms with Crippen LogP contribution in [0.4, 0.5) is 0 Å². The Kier molecular flexibility index (Phi) is 3.54. The molecule has 0 bridgehead atoms. The highest BCUT2D eigenvalue weighted by Gasteiger charge is 2.10. The molecule has 15 heavy (non-hydrogen) atoms. The average molecular weight is 219 g/mol. The van der Waals surface area contributed by atoms with Gasteiger partial charge in [0.25, 0.3) is 0 Å². The normalized spacial score (nSPS) is 13.3. The van der Waals surface area contributed by atoms with Crippen molar-refractivity contribution in [3.8, 4) is 0 Å². The van der Waals surface area contributed by atoms with Crippen LogP contribution < -0.4 is 0 Å². The lowest BCUT2D eigenvalue weighted by Gasteiger charge is -2.03. The van der Waals surface area contributed by atoms with Crippen molar-refractivity contribution in [3.63, 3.8) is 0 Å². The molecule has 0 unspecified atom stereocenters. The Morgan fingerprint density at radius 1 is 1.33 bits per heavy atom. The second-order valence-electron chi connectivity index (χ2n) is 3.59. The molecule has 0 heterocycles. The number of azide groups is 1. The molecule has 1 aromatic rings. The smallest absolute Gasteiger partial charge is 0.0352 e. The zero-order valence-corrected chi connectivity index (χ0v) is 9.33. The first-order chi connectivity index (χ1) is 7.40. The summed E-state index contributed by atoms with van der Waals surface area (Å²) in [5, 5.41) is 3.52. The number of hydrogen-bond acceptors (Lipinski definition) is 2. The molecule has 1 aromatic carbocycles. The number of thioether (sulfide) groups is 1. The molecule has 4 heteroatoms. The van der Waals surface area contributed by atoms with E-state index in [9.17, 15) is 0 Å². The zero-order valence-electron chi connectivity index (χ0n) is 8.52. The number of hydrogen-bond donors (Lipinski definition) is 0. The lowest BCUT2D eigenvalue weighted by molar-refractivity contribution is 0.911. The van der Waals surface area contributed by atoms with Crippen LogP contribution in [0.15, 0.2) is 28.2 Å². The molecule has 0 spiro atoms. The van der Waals surface area contributed by atoms with Crippen LogP contribution in [0.1, 0.15) is 17.5 Å². The highest BCUT2D eigenvalue weighted by Crippen LogP contribution is 2.27. The van der Waals surface area contributed by atoms with Gasteiger partial charge in [0, 0.05) is 22.1 Å². The summed E-state index contributed by atoms with van der Waals surface area (Å²) >= 11 is 1.76. The molecular formula is C11H13N3S. The van der Waals surface area contributed by atoms with Crippen molar-refractivity contribution in [1.29, 1.82) is 0 Å². The Balaban J connectivity index is 1.95. The first-order valence-electron chi connectivity index (χ1n) is 5.15. The minimum atomic E-state index is 0.568. The summed E-state index contributed by atoms with van der Waals surface area (Å²) in [6, 6.07) is 6.69. The number of aryl methyl sites for hydroxylation is 2. The van der Waals surface area contributed by atoms with Crippen molar-refractivity contribution in [2.24, 2.45) is 5.11 Å². The Labute approximate surface area is 93.5 Å². The van der Waals surface area contributed by atoms with E-state index < -0.39 is 0 Å². The third kappa shape index (κ3) is 2.67. The van der Waals surface area contributed by atoms with E-state index in [4.69, 9.17) is 5.53 Å². The molecule has 2 rings (SSSR count). The van der Waals surface area contributed by atoms with Crippen LogP contribution in [0, 0.1) is 0 Å². The topological polar surface area (TPSA) is 48.8 Å². The Morgan fingerprint density at radius 3 is 3.07 bits per heavy atom. The third-order valence-corrected chi connectivity index (χ3v) is 3.57. The van der Waals surface area contributed by atoms with E-state index in [1.54, 1.807) is 11.8 Å². The van der Waals surface area contributed by atoms with Crippen molar-refractivity contribution < 1.29 is 0 Å². The highest BCUT2D eigenvalue weighted by atomic mass is 32.2. The van der Waals surface area contributed by atoms with Crippen LogP contribution in [0.3, 0.4) is 0 Å². The lowest BCUT2D eigenvalue weighted by Crippen LogP contribution is -1.86. The van der Waals surface area contributed by atoms with E-state index in [0.717, 1.165) is 5.75 Å². The van der Waals surface area contributed by atoms with Gasteiger partial charge in [0.1, 0.15) is 0 Å². The predicted molar refractivity (Wildman–Crippen MR) is 63.2 cm³/mol. The largest absolute Gasteiger partial charge is 0.126 e. The van der Waals surface area contributed by atoms with E-state index in [1.807, 2.05) is 0 Å². The van der Waals surface area contributed by atoms with Gasteiger partial charge in [0.05, 0.1) is 0 Å². The molecule has 0 aromatic heterocycles. The standard InChI is InChI=1S/C11H13N3S/c12-14-13-6-7-15-11-5-4-9-2-1-3-10(9)8-11/h4-5,8H,1-3,6-7H2. The molecule has 78 valence electrons. The van der Waals surface area contributed by atoms with Crippen molar-refractivity contribution in [2.75, 3.05) is 12.3 Å². The van der Waals surface area contributed by atoms with Crippen LogP contribution in [0.2, 0.25) is 0 Å². The maximum absolute atomic E-state index is 8.14. The van der Waals surface area contributed by atoms with Gasteiger partial charge in [-0.3, -0.25) is 0 Å². The van der Waals surface area contributed by atoms with Gasteiger partial charge in [-0.1, -0.05) is 11.2 Å². The number of fused-ring (bicyclic) bond motifs is 1.